The van der Waals surface area contributed by atoms with Crippen LogP contribution in [0.25, 0.3) is 0 Å². The summed E-state index contributed by atoms with van der Waals surface area (Å²) in [4.78, 5) is 13.1. The average Bonchev–Trinajstić information content (AvgIpc) is 3.28. The molecule has 1 aliphatic rings. The Labute approximate surface area is 157 Å². The number of benzene rings is 1. The van der Waals surface area contributed by atoms with Crippen LogP contribution in [0.4, 0.5) is 5.69 Å². The van der Waals surface area contributed by atoms with Gasteiger partial charge in [-0.15, -0.1) is 11.3 Å². The van der Waals surface area contributed by atoms with Gasteiger partial charge in [-0.05, 0) is 61.9 Å². The number of thiophene rings is 1. The number of anilines is 1. The van der Waals surface area contributed by atoms with Gasteiger partial charge >= 0.3 is 0 Å². The summed E-state index contributed by atoms with van der Waals surface area (Å²) >= 11 is 1.36. The number of carbonyl (C=O) groups is 1. The molecule has 0 bridgehead atoms. The lowest BCUT2D eigenvalue weighted by atomic mass is 10.2. The molecule has 8 heteroatoms. The van der Waals surface area contributed by atoms with Gasteiger partial charge in [-0.3, -0.25) is 4.79 Å². The van der Waals surface area contributed by atoms with E-state index in [0.717, 1.165) is 18.4 Å². The fourth-order valence-corrected chi connectivity index (χ4v) is 5.42. The molecule has 0 aliphatic carbocycles. The molecule has 1 aromatic carbocycles. The number of aryl methyl sites for hydroxylation is 1. The number of hydrogen-bond donors (Lipinski definition) is 1. The molecule has 140 valence electrons. The topological polar surface area (TPSA) is 75.7 Å². The molecule has 26 heavy (non-hydrogen) atoms. The minimum Gasteiger partial charge on any atom is -0.492 e. The van der Waals surface area contributed by atoms with E-state index in [-0.39, 0.29) is 10.8 Å². The first kappa shape index (κ1) is 18.9. The molecule has 0 atom stereocenters. The highest BCUT2D eigenvalue weighted by atomic mass is 32.2. The molecule has 1 aromatic heterocycles. The van der Waals surface area contributed by atoms with Gasteiger partial charge in [0.15, 0.2) is 0 Å². The summed E-state index contributed by atoms with van der Waals surface area (Å²) in [6.07, 6.45) is 1.72. The van der Waals surface area contributed by atoms with Crippen molar-refractivity contribution in [1.29, 1.82) is 0 Å². The minimum atomic E-state index is -3.65. The van der Waals surface area contributed by atoms with Crippen molar-refractivity contribution >= 4 is 33.0 Å². The number of amides is 1. The Hall–Kier alpha value is -1.90. The van der Waals surface area contributed by atoms with Crippen LogP contribution in [-0.2, 0) is 10.0 Å². The van der Waals surface area contributed by atoms with E-state index >= 15 is 0 Å². The van der Waals surface area contributed by atoms with Crippen molar-refractivity contribution in [3.63, 3.8) is 0 Å². The Kier molecular flexibility index (Phi) is 5.64. The second-order valence-corrected chi connectivity index (χ2v) is 8.92. The highest BCUT2D eigenvalue weighted by molar-refractivity contribution is 7.89. The largest absolute Gasteiger partial charge is 0.492 e. The maximum Gasteiger partial charge on any atom is 0.265 e. The molecule has 6 nitrogen and oxygen atoms in total. The summed E-state index contributed by atoms with van der Waals surface area (Å²) in [7, 11) is -3.65. The first-order chi connectivity index (χ1) is 12.4. The molecule has 1 amide bonds. The zero-order valence-electron chi connectivity index (χ0n) is 14.8. The van der Waals surface area contributed by atoms with E-state index in [1.165, 1.54) is 21.7 Å². The molecule has 0 spiro atoms. The number of nitrogens with zero attached hydrogens (tertiary/aromatic N) is 1. The van der Waals surface area contributed by atoms with Gasteiger partial charge in [-0.2, -0.15) is 4.31 Å². The van der Waals surface area contributed by atoms with Crippen LogP contribution in [0.1, 0.15) is 35.0 Å². The fourth-order valence-electron chi connectivity index (χ4n) is 2.92. The smallest absolute Gasteiger partial charge is 0.265 e. The molecule has 1 N–H and O–H groups in total. The van der Waals surface area contributed by atoms with Gasteiger partial charge in [0, 0.05) is 18.8 Å². The van der Waals surface area contributed by atoms with Crippen LogP contribution in [0.15, 0.2) is 34.5 Å². The lowest BCUT2D eigenvalue weighted by Crippen LogP contribution is -2.28. The van der Waals surface area contributed by atoms with E-state index < -0.39 is 10.0 Å². The van der Waals surface area contributed by atoms with Gasteiger partial charge < -0.3 is 10.1 Å². The van der Waals surface area contributed by atoms with E-state index in [0.29, 0.717) is 36.0 Å². The van der Waals surface area contributed by atoms with Crippen LogP contribution in [0.3, 0.4) is 0 Å². The Bertz CT molecular complexity index is 900. The van der Waals surface area contributed by atoms with E-state index in [4.69, 9.17) is 4.74 Å². The summed E-state index contributed by atoms with van der Waals surface area (Å²) < 4.78 is 33.0. The third kappa shape index (κ3) is 3.77. The van der Waals surface area contributed by atoms with Gasteiger partial charge in [-0.1, -0.05) is 0 Å². The third-order valence-electron chi connectivity index (χ3n) is 4.25. The molecular weight excluding hydrogens is 372 g/mol. The summed E-state index contributed by atoms with van der Waals surface area (Å²) in [6, 6.07) is 6.62. The zero-order chi connectivity index (χ0) is 18.7. The highest BCUT2D eigenvalue weighted by Gasteiger charge is 2.30. The van der Waals surface area contributed by atoms with Crippen molar-refractivity contribution in [2.45, 2.75) is 31.6 Å². The predicted octanol–water partition coefficient (Wildman–Crippen LogP) is 3.49. The van der Waals surface area contributed by atoms with Crippen LogP contribution in [-0.4, -0.2) is 38.3 Å². The van der Waals surface area contributed by atoms with Crippen LogP contribution in [0, 0.1) is 6.92 Å². The van der Waals surface area contributed by atoms with Gasteiger partial charge in [0.1, 0.15) is 10.6 Å². The van der Waals surface area contributed by atoms with Gasteiger partial charge in [0.2, 0.25) is 10.0 Å². The minimum absolute atomic E-state index is 0.0990. The van der Waals surface area contributed by atoms with Crippen molar-refractivity contribution in [1.82, 2.24) is 4.31 Å². The second-order valence-electron chi connectivity index (χ2n) is 6.09. The molecular formula is C18H22N2O4S2. The van der Waals surface area contributed by atoms with Crippen LogP contribution >= 0.6 is 11.3 Å². The van der Waals surface area contributed by atoms with Crippen LogP contribution < -0.4 is 10.1 Å². The van der Waals surface area contributed by atoms with Crippen molar-refractivity contribution in [3.05, 3.63) is 40.1 Å². The Morgan fingerprint density at radius 2 is 2.00 bits per heavy atom. The standard InChI is InChI=1S/C18H22N2O4S2/c1-3-24-15-7-6-14(19-18(21)17-13(2)8-11-25-17)12-16(15)26(22,23)20-9-4-5-10-20/h6-8,11-12H,3-5,9-10H2,1-2H3,(H,19,21). The first-order valence-electron chi connectivity index (χ1n) is 8.56. The molecule has 3 rings (SSSR count). The maximum absolute atomic E-state index is 13.0. The number of ether oxygens (including phenoxy) is 1. The molecule has 1 saturated heterocycles. The summed E-state index contributed by atoms with van der Waals surface area (Å²) in [5.74, 6) is 0.0656. The van der Waals surface area contributed by atoms with E-state index in [9.17, 15) is 13.2 Å². The Balaban J connectivity index is 1.93. The van der Waals surface area contributed by atoms with E-state index in [1.54, 1.807) is 12.1 Å². The summed E-state index contributed by atoms with van der Waals surface area (Å²) in [6.45, 7) is 5.06. The number of nitrogens with one attached hydrogen (secondary N) is 1. The normalized spacial score (nSPS) is 15.2. The number of hydrogen-bond acceptors (Lipinski definition) is 5. The van der Waals surface area contributed by atoms with Crippen molar-refractivity contribution in [2.75, 3.05) is 25.0 Å². The summed E-state index contributed by atoms with van der Waals surface area (Å²) in [5, 5.41) is 4.64. The molecule has 0 radical (unpaired) electrons. The fraction of sp³-hybridized carbons (Fsp3) is 0.389. The molecule has 1 fully saturated rings. The van der Waals surface area contributed by atoms with Crippen LogP contribution in [0.2, 0.25) is 0 Å². The monoisotopic (exact) mass is 394 g/mol. The molecule has 0 saturated carbocycles. The average molecular weight is 395 g/mol. The lowest BCUT2D eigenvalue weighted by molar-refractivity contribution is 0.103. The predicted molar refractivity (Wildman–Crippen MR) is 103 cm³/mol. The summed E-state index contributed by atoms with van der Waals surface area (Å²) in [5.41, 5.74) is 1.33. The van der Waals surface area contributed by atoms with Gasteiger partial charge in [0.25, 0.3) is 5.91 Å². The maximum atomic E-state index is 13.0. The first-order valence-corrected chi connectivity index (χ1v) is 10.9. The highest BCUT2D eigenvalue weighted by Crippen LogP contribution is 2.32. The molecule has 2 aromatic rings. The molecule has 1 aliphatic heterocycles. The van der Waals surface area contributed by atoms with Crippen LogP contribution in [0.5, 0.6) is 5.75 Å². The molecule has 2 heterocycles. The number of rotatable bonds is 6. The number of sulfonamides is 1. The third-order valence-corrected chi connectivity index (χ3v) is 7.19. The van der Waals surface area contributed by atoms with Gasteiger partial charge in [-0.25, -0.2) is 8.42 Å². The Morgan fingerprint density at radius 3 is 2.62 bits per heavy atom. The lowest BCUT2D eigenvalue weighted by Gasteiger charge is -2.19. The quantitative estimate of drug-likeness (QED) is 0.814. The van der Waals surface area contributed by atoms with Crippen molar-refractivity contribution < 1.29 is 17.9 Å². The van der Waals surface area contributed by atoms with Crippen molar-refractivity contribution in [3.8, 4) is 5.75 Å². The SMILES string of the molecule is CCOc1ccc(NC(=O)c2sccc2C)cc1S(=O)(=O)N1CCCC1. The zero-order valence-corrected chi connectivity index (χ0v) is 16.5. The molecule has 0 unspecified atom stereocenters. The van der Waals surface area contributed by atoms with Gasteiger partial charge in [0.05, 0.1) is 11.5 Å². The second kappa shape index (κ2) is 7.77. The van der Waals surface area contributed by atoms with E-state index in [1.807, 2.05) is 25.3 Å². The van der Waals surface area contributed by atoms with E-state index in [2.05, 4.69) is 5.32 Å². The number of carbonyl (C=O) groups excluding carboxylic acids is 1. The Morgan fingerprint density at radius 1 is 1.27 bits per heavy atom. The van der Waals surface area contributed by atoms with Crippen molar-refractivity contribution in [2.24, 2.45) is 0 Å².